The van der Waals surface area contributed by atoms with Crippen molar-refractivity contribution in [1.82, 2.24) is 9.80 Å². The van der Waals surface area contributed by atoms with Crippen molar-refractivity contribution in [2.75, 3.05) is 33.8 Å². The minimum atomic E-state index is 0.273. The fourth-order valence-corrected chi connectivity index (χ4v) is 2.74. The number of para-hydroxylation sites is 1. The van der Waals surface area contributed by atoms with E-state index in [-0.39, 0.29) is 5.75 Å². The number of nitrogens with zero attached hydrogens (tertiary/aromatic N) is 2. The molecule has 1 aliphatic heterocycles. The summed E-state index contributed by atoms with van der Waals surface area (Å²) < 4.78 is 5.17. The van der Waals surface area contributed by atoms with Gasteiger partial charge in [0.25, 0.3) is 0 Å². The fraction of sp³-hybridized carbons (Fsp3) is 0.600. The van der Waals surface area contributed by atoms with Crippen LogP contribution in [0, 0.1) is 0 Å². The molecular weight excluding hydrogens is 240 g/mol. The summed E-state index contributed by atoms with van der Waals surface area (Å²) in [5.74, 6) is 0.826. The van der Waals surface area contributed by atoms with Crippen molar-refractivity contribution in [2.45, 2.75) is 25.9 Å². The topological polar surface area (TPSA) is 35.9 Å². The highest BCUT2D eigenvalue weighted by molar-refractivity contribution is 5.45. The number of aromatic hydroxyl groups is 1. The normalized spacial score (nSPS) is 22.2. The second-order valence-corrected chi connectivity index (χ2v) is 5.40. The molecule has 1 fully saturated rings. The van der Waals surface area contributed by atoms with Crippen molar-refractivity contribution in [3.63, 3.8) is 0 Å². The maximum atomic E-state index is 10.2. The number of methoxy groups -OCH3 is 1. The van der Waals surface area contributed by atoms with E-state index in [4.69, 9.17) is 4.74 Å². The number of phenolic OH excluding ortho intramolecular Hbond substituents is 1. The average Bonchev–Trinajstić information content (AvgIpc) is 2.54. The molecule has 0 amide bonds. The van der Waals surface area contributed by atoms with Gasteiger partial charge in [0.2, 0.25) is 0 Å². The Morgan fingerprint density at radius 2 is 2.16 bits per heavy atom. The van der Waals surface area contributed by atoms with Gasteiger partial charge in [-0.05, 0) is 33.0 Å². The molecule has 1 aliphatic rings. The highest BCUT2D eigenvalue weighted by atomic mass is 16.5. The highest BCUT2D eigenvalue weighted by Gasteiger charge is 2.21. The number of benzene rings is 1. The van der Waals surface area contributed by atoms with E-state index in [1.54, 1.807) is 13.2 Å². The van der Waals surface area contributed by atoms with Crippen LogP contribution >= 0.6 is 0 Å². The molecule has 4 heteroatoms. The van der Waals surface area contributed by atoms with E-state index in [9.17, 15) is 5.11 Å². The Morgan fingerprint density at radius 1 is 1.37 bits per heavy atom. The Kier molecular flexibility index (Phi) is 4.66. The smallest absolute Gasteiger partial charge is 0.162 e. The van der Waals surface area contributed by atoms with Crippen LogP contribution in [0.3, 0.4) is 0 Å². The summed E-state index contributed by atoms with van der Waals surface area (Å²) in [4.78, 5) is 4.80. The molecule has 0 radical (unpaired) electrons. The lowest BCUT2D eigenvalue weighted by Crippen LogP contribution is -2.37. The molecule has 1 atom stereocenters. The molecular formula is C15H24N2O2. The molecule has 4 nitrogen and oxygen atoms in total. The lowest BCUT2D eigenvalue weighted by Gasteiger charge is -2.28. The van der Waals surface area contributed by atoms with Gasteiger partial charge < -0.3 is 14.7 Å². The first-order valence-electron chi connectivity index (χ1n) is 6.89. The molecule has 2 rings (SSSR count). The minimum absolute atomic E-state index is 0.273. The number of hydrogen-bond donors (Lipinski definition) is 1. The Hall–Kier alpha value is -1.26. The van der Waals surface area contributed by atoms with Gasteiger partial charge in [0, 0.05) is 31.2 Å². The second-order valence-electron chi connectivity index (χ2n) is 5.40. The molecule has 1 aromatic carbocycles. The summed E-state index contributed by atoms with van der Waals surface area (Å²) in [6.45, 7) is 6.31. The van der Waals surface area contributed by atoms with Crippen LogP contribution in [-0.2, 0) is 6.54 Å². The Morgan fingerprint density at radius 3 is 2.89 bits per heavy atom. The van der Waals surface area contributed by atoms with Gasteiger partial charge in [-0.2, -0.15) is 0 Å². The van der Waals surface area contributed by atoms with Gasteiger partial charge in [0.05, 0.1) is 7.11 Å². The van der Waals surface area contributed by atoms with Crippen LogP contribution in [0.1, 0.15) is 18.9 Å². The van der Waals surface area contributed by atoms with Gasteiger partial charge in [-0.1, -0.05) is 12.1 Å². The third-order valence-corrected chi connectivity index (χ3v) is 3.86. The molecule has 0 bridgehead atoms. The largest absolute Gasteiger partial charge is 0.504 e. The van der Waals surface area contributed by atoms with Crippen LogP contribution in [0.25, 0.3) is 0 Å². The second kappa shape index (κ2) is 6.26. The maximum absolute atomic E-state index is 10.2. The molecule has 19 heavy (non-hydrogen) atoms. The molecule has 0 aromatic heterocycles. The minimum Gasteiger partial charge on any atom is -0.504 e. The monoisotopic (exact) mass is 264 g/mol. The van der Waals surface area contributed by atoms with E-state index in [0.717, 1.165) is 31.7 Å². The van der Waals surface area contributed by atoms with Crippen LogP contribution in [0.4, 0.5) is 0 Å². The molecule has 1 heterocycles. The zero-order chi connectivity index (χ0) is 13.8. The lowest BCUT2D eigenvalue weighted by molar-refractivity contribution is 0.192. The SMILES string of the molecule is COc1cccc(CN2CCCN(C)CC2C)c1O. The standard InChI is InChI=1S/C15H24N2O2/c1-12-10-16(2)8-5-9-17(12)11-13-6-4-7-14(19-3)15(13)18/h4,6-7,12,18H,5,8-11H2,1-3H3. The zero-order valence-corrected chi connectivity index (χ0v) is 12.1. The van der Waals surface area contributed by atoms with E-state index >= 15 is 0 Å². The van der Waals surface area contributed by atoms with Gasteiger partial charge in [-0.3, -0.25) is 4.90 Å². The van der Waals surface area contributed by atoms with E-state index in [1.807, 2.05) is 12.1 Å². The van der Waals surface area contributed by atoms with Crippen LogP contribution < -0.4 is 4.74 Å². The number of hydrogen-bond acceptors (Lipinski definition) is 4. The highest BCUT2D eigenvalue weighted by Crippen LogP contribution is 2.30. The first-order chi connectivity index (χ1) is 9.11. The van der Waals surface area contributed by atoms with Crippen LogP contribution in [0.15, 0.2) is 18.2 Å². The molecule has 106 valence electrons. The summed E-state index contributed by atoms with van der Waals surface area (Å²) >= 11 is 0. The summed E-state index contributed by atoms with van der Waals surface area (Å²) in [6, 6.07) is 6.19. The lowest BCUT2D eigenvalue weighted by atomic mass is 10.1. The van der Waals surface area contributed by atoms with Gasteiger partial charge in [-0.15, -0.1) is 0 Å². The van der Waals surface area contributed by atoms with Crippen LogP contribution in [0.2, 0.25) is 0 Å². The Bertz CT molecular complexity index is 423. The molecule has 1 unspecified atom stereocenters. The van der Waals surface area contributed by atoms with E-state index < -0.39 is 0 Å². The molecule has 0 aliphatic carbocycles. The van der Waals surface area contributed by atoms with Crippen molar-refractivity contribution >= 4 is 0 Å². The zero-order valence-electron chi connectivity index (χ0n) is 12.1. The summed E-state index contributed by atoms with van der Waals surface area (Å²) in [6.07, 6.45) is 1.17. The van der Waals surface area contributed by atoms with Crippen LogP contribution in [0.5, 0.6) is 11.5 Å². The summed E-state index contributed by atoms with van der Waals surface area (Å²) in [7, 11) is 3.76. The fourth-order valence-electron chi connectivity index (χ4n) is 2.74. The third kappa shape index (κ3) is 3.39. The average molecular weight is 264 g/mol. The number of rotatable bonds is 3. The van der Waals surface area contributed by atoms with Crippen LogP contribution in [-0.4, -0.2) is 54.7 Å². The molecule has 1 N–H and O–H groups in total. The van der Waals surface area contributed by atoms with Crippen molar-refractivity contribution < 1.29 is 9.84 Å². The summed E-state index contributed by atoms with van der Waals surface area (Å²) in [5, 5.41) is 10.2. The third-order valence-electron chi connectivity index (χ3n) is 3.86. The molecule has 0 saturated carbocycles. The van der Waals surface area contributed by atoms with Crippen molar-refractivity contribution in [3.8, 4) is 11.5 Å². The van der Waals surface area contributed by atoms with E-state index in [0.29, 0.717) is 11.8 Å². The number of ether oxygens (including phenoxy) is 1. The quantitative estimate of drug-likeness (QED) is 0.905. The Balaban J connectivity index is 2.11. The number of likely N-dealkylation sites (N-methyl/N-ethyl adjacent to an activating group) is 1. The van der Waals surface area contributed by atoms with Gasteiger partial charge in [-0.25, -0.2) is 0 Å². The van der Waals surface area contributed by atoms with Gasteiger partial charge >= 0.3 is 0 Å². The van der Waals surface area contributed by atoms with Crippen molar-refractivity contribution in [1.29, 1.82) is 0 Å². The predicted octanol–water partition coefficient (Wildman–Crippen LogP) is 1.93. The van der Waals surface area contributed by atoms with Crippen molar-refractivity contribution in [2.24, 2.45) is 0 Å². The number of phenols is 1. The molecule has 0 spiro atoms. The van der Waals surface area contributed by atoms with E-state index in [2.05, 4.69) is 23.8 Å². The first-order valence-corrected chi connectivity index (χ1v) is 6.89. The van der Waals surface area contributed by atoms with Gasteiger partial charge in [0.15, 0.2) is 11.5 Å². The Labute approximate surface area is 115 Å². The molecule has 1 aromatic rings. The predicted molar refractivity (Wildman–Crippen MR) is 76.6 cm³/mol. The first kappa shape index (κ1) is 14.2. The summed E-state index contributed by atoms with van der Waals surface area (Å²) in [5.41, 5.74) is 0.941. The maximum Gasteiger partial charge on any atom is 0.162 e. The van der Waals surface area contributed by atoms with Crippen molar-refractivity contribution in [3.05, 3.63) is 23.8 Å². The molecule has 1 saturated heterocycles. The van der Waals surface area contributed by atoms with Gasteiger partial charge in [0.1, 0.15) is 0 Å². The van der Waals surface area contributed by atoms with E-state index in [1.165, 1.54) is 6.42 Å².